The first-order valence-electron chi connectivity index (χ1n) is 7.65. The average molecular weight is 310 g/mol. The summed E-state index contributed by atoms with van der Waals surface area (Å²) < 4.78 is 0. The van der Waals surface area contributed by atoms with Crippen LogP contribution in [0.2, 0.25) is 5.02 Å². The van der Waals surface area contributed by atoms with Crippen LogP contribution in [0.25, 0.3) is 0 Å². The third-order valence-electron chi connectivity index (χ3n) is 4.05. The maximum atomic E-state index is 12.2. The van der Waals surface area contributed by atoms with E-state index in [2.05, 4.69) is 29.4 Å². The third kappa shape index (κ3) is 4.70. The van der Waals surface area contributed by atoms with Gasteiger partial charge in [-0.15, -0.1) is 0 Å². The number of carbonyl (C=O) groups is 1. The molecular formula is C16H24ClN3O. The molecule has 0 spiro atoms. The first-order valence-corrected chi connectivity index (χ1v) is 8.03. The number of nitrogens with one attached hydrogen (secondary N) is 2. The highest BCUT2D eigenvalue weighted by molar-refractivity contribution is 6.30. The molecule has 4 nitrogen and oxygen atoms in total. The summed E-state index contributed by atoms with van der Waals surface area (Å²) in [5, 5.41) is 7.15. The van der Waals surface area contributed by atoms with Crippen molar-refractivity contribution in [1.82, 2.24) is 10.2 Å². The van der Waals surface area contributed by atoms with Crippen molar-refractivity contribution in [3.63, 3.8) is 0 Å². The highest BCUT2D eigenvalue weighted by atomic mass is 35.5. The molecular weight excluding hydrogens is 286 g/mol. The lowest BCUT2D eigenvalue weighted by Gasteiger charge is -2.39. The van der Waals surface area contributed by atoms with Gasteiger partial charge in [0.25, 0.3) is 0 Å². The maximum absolute atomic E-state index is 12.2. The first kappa shape index (κ1) is 16.3. The Bertz CT molecular complexity index is 463. The number of carbonyl (C=O) groups excluding carboxylic acids is 1. The van der Waals surface area contributed by atoms with Crippen LogP contribution in [0.5, 0.6) is 0 Å². The number of anilines is 1. The number of piperazine rings is 1. The van der Waals surface area contributed by atoms with Gasteiger partial charge in [-0.3, -0.25) is 9.69 Å². The van der Waals surface area contributed by atoms with E-state index in [9.17, 15) is 4.79 Å². The summed E-state index contributed by atoms with van der Waals surface area (Å²) >= 11 is 5.85. The van der Waals surface area contributed by atoms with Crippen molar-refractivity contribution in [2.45, 2.75) is 38.8 Å². The number of nitrogens with zero attached hydrogens (tertiary/aromatic N) is 1. The van der Waals surface area contributed by atoms with Gasteiger partial charge in [-0.05, 0) is 37.1 Å². The molecule has 1 aliphatic heterocycles. The van der Waals surface area contributed by atoms with E-state index >= 15 is 0 Å². The van der Waals surface area contributed by atoms with Crippen LogP contribution in [0.15, 0.2) is 24.3 Å². The van der Waals surface area contributed by atoms with Crippen LogP contribution in [0.3, 0.4) is 0 Å². The van der Waals surface area contributed by atoms with Gasteiger partial charge in [-0.2, -0.15) is 0 Å². The number of benzene rings is 1. The fourth-order valence-corrected chi connectivity index (χ4v) is 2.84. The van der Waals surface area contributed by atoms with Gasteiger partial charge in [0.2, 0.25) is 5.91 Å². The first-order chi connectivity index (χ1) is 10.1. The summed E-state index contributed by atoms with van der Waals surface area (Å²) in [5.74, 6) is 0.0347. The van der Waals surface area contributed by atoms with Crippen LogP contribution in [0.4, 0.5) is 5.69 Å². The van der Waals surface area contributed by atoms with Crippen LogP contribution >= 0.6 is 11.6 Å². The minimum atomic E-state index is 0.0347. The standard InChI is InChI=1S/C16H24ClN3O/c1-3-13-10-20(15(4-2)9-18-13)11-16(21)19-14-7-5-12(17)6-8-14/h5-8,13,15,18H,3-4,9-11H2,1-2H3,(H,19,21). The molecule has 0 saturated carbocycles. The molecule has 2 unspecified atom stereocenters. The van der Waals surface area contributed by atoms with Gasteiger partial charge in [0, 0.05) is 35.9 Å². The van der Waals surface area contributed by atoms with E-state index < -0.39 is 0 Å². The van der Waals surface area contributed by atoms with E-state index in [0.29, 0.717) is 23.7 Å². The normalized spacial score (nSPS) is 23.0. The lowest BCUT2D eigenvalue weighted by atomic mass is 10.1. The summed E-state index contributed by atoms with van der Waals surface area (Å²) in [6.07, 6.45) is 2.14. The zero-order chi connectivity index (χ0) is 15.2. The average Bonchev–Trinajstić information content (AvgIpc) is 2.49. The van der Waals surface area contributed by atoms with Crippen LogP contribution in [-0.4, -0.2) is 42.5 Å². The summed E-state index contributed by atoms with van der Waals surface area (Å²) in [5.41, 5.74) is 0.791. The molecule has 2 atom stereocenters. The predicted molar refractivity (Wildman–Crippen MR) is 87.8 cm³/mol. The summed E-state index contributed by atoms with van der Waals surface area (Å²) in [6.45, 7) is 6.68. The van der Waals surface area contributed by atoms with E-state index in [1.165, 1.54) is 0 Å². The SMILES string of the molecule is CCC1CN(CC(=O)Nc2ccc(Cl)cc2)C(CC)CN1. The smallest absolute Gasteiger partial charge is 0.238 e. The molecule has 1 fully saturated rings. The molecule has 1 aromatic rings. The van der Waals surface area contributed by atoms with Gasteiger partial charge >= 0.3 is 0 Å². The highest BCUT2D eigenvalue weighted by Gasteiger charge is 2.27. The Morgan fingerprint density at radius 1 is 1.33 bits per heavy atom. The Morgan fingerprint density at radius 3 is 2.67 bits per heavy atom. The topological polar surface area (TPSA) is 44.4 Å². The van der Waals surface area contributed by atoms with Crippen molar-refractivity contribution in [2.24, 2.45) is 0 Å². The van der Waals surface area contributed by atoms with Crippen molar-refractivity contribution >= 4 is 23.2 Å². The summed E-state index contributed by atoms with van der Waals surface area (Å²) in [4.78, 5) is 14.5. The van der Waals surface area contributed by atoms with Gasteiger partial charge in [-0.25, -0.2) is 0 Å². The predicted octanol–water partition coefficient (Wildman–Crippen LogP) is 2.74. The van der Waals surface area contributed by atoms with Gasteiger partial charge in [-0.1, -0.05) is 25.4 Å². The minimum absolute atomic E-state index is 0.0347. The van der Waals surface area contributed by atoms with Gasteiger partial charge in [0.1, 0.15) is 0 Å². The Hall–Kier alpha value is -1.10. The number of amides is 1. The molecule has 2 N–H and O–H groups in total. The second-order valence-electron chi connectivity index (χ2n) is 5.56. The van der Waals surface area contributed by atoms with Crippen LogP contribution in [0.1, 0.15) is 26.7 Å². The van der Waals surface area contributed by atoms with Gasteiger partial charge in [0.15, 0.2) is 0 Å². The second kappa shape index (κ2) is 7.78. The van der Waals surface area contributed by atoms with Crippen LogP contribution in [0, 0.1) is 0 Å². The number of rotatable bonds is 5. The van der Waals surface area contributed by atoms with E-state index in [0.717, 1.165) is 31.6 Å². The zero-order valence-corrected chi connectivity index (χ0v) is 13.5. The van der Waals surface area contributed by atoms with Crippen molar-refractivity contribution < 1.29 is 4.79 Å². The van der Waals surface area contributed by atoms with Crippen molar-refractivity contribution in [2.75, 3.05) is 25.0 Å². The molecule has 0 bridgehead atoms. The molecule has 1 saturated heterocycles. The molecule has 21 heavy (non-hydrogen) atoms. The molecule has 1 heterocycles. The quantitative estimate of drug-likeness (QED) is 0.879. The largest absolute Gasteiger partial charge is 0.325 e. The Balaban J connectivity index is 1.91. The number of halogens is 1. The second-order valence-corrected chi connectivity index (χ2v) is 6.00. The van der Waals surface area contributed by atoms with E-state index in [4.69, 9.17) is 11.6 Å². The molecule has 2 rings (SSSR count). The maximum Gasteiger partial charge on any atom is 0.238 e. The van der Waals surface area contributed by atoms with E-state index in [-0.39, 0.29) is 5.91 Å². The van der Waals surface area contributed by atoms with Crippen molar-refractivity contribution in [1.29, 1.82) is 0 Å². The zero-order valence-electron chi connectivity index (χ0n) is 12.7. The summed E-state index contributed by atoms with van der Waals surface area (Å²) in [7, 11) is 0. The molecule has 5 heteroatoms. The molecule has 0 aromatic heterocycles. The molecule has 116 valence electrons. The van der Waals surface area contributed by atoms with E-state index in [1.54, 1.807) is 12.1 Å². The highest BCUT2D eigenvalue weighted by Crippen LogP contribution is 2.15. The molecule has 0 radical (unpaired) electrons. The molecule has 1 amide bonds. The monoisotopic (exact) mass is 309 g/mol. The Kier molecular flexibility index (Phi) is 6.03. The molecule has 0 aliphatic carbocycles. The summed E-state index contributed by atoms with van der Waals surface area (Å²) in [6, 6.07) is 8.13. The van der Waals surface area contributed by atoms with Gasteiger partial charge in [0.05, 0.1) is 6.54 Å². The Labute approximate surface area is 131 Å². The molecule has 1 aromatic carbocycles. The van der Waals surface area contributed by atoms with Crippen molar-refractivity contribution in [3.05, 3.63) is 29.3 Å². The number of hydrogen-bond donors (Lipinski definition) is 2. The van der Waals surface area contributed by atoms with Crippen molar-refractivity contribution in [3.8, 4) is 0 Å². The van der Waals surface area contributed by atoms with Crippen LogP contribution < -0.4 is 10.6 Å². The van der Waals surface area contributed by atoms with Crippen LogP contribution in [-0.2, 0) is 4.79 Å². The molecule has 1 aliphatic rings. The van der Waals surface area contributed by atoms with E-state index in [1.807, 2.05) is 12.1 Å². The van der Waals surface area contributed by atoms with Gasteiger partial charge < -0.3 is 10.6 Å². The fraction of sp³-hybridized carbons (Fsp3) is 0.562. The third-order valence-corrected chi connectivity index (χ3v) is 4.30. The number of hydrogen-bond acceptors (Lipinski definition) is 3. The lowest BCUT2D eigenvalue weighted by Crippen LogP contribution is -2.57. The Morgan fingerprint density at radius 2 is 2.05 bits per heavy atom. The minimum Gasteiger partial charge on any atom is -0.325 e. The fourth-order valence-electron chi connectivity index (χ4n) is 2.72. The lowest BCUT2D eigenvalue weighted by molar-refractivity contribution is -0.118.